The summed E-state index contributed by atoms with van der Waals surface area (Å²) in [6, 6.07) is 8.03. The quantitative estimate of drug-likeness (QED) is 0.296. The van der Waals surface area contributed by atoms with Crippen LogP contribution in [0.1, 0.15) is 52.9 Å². The Balaban J connectivity index is 1.61. The fourth-order valence-corrected chi connectivity index (χ4v) is 5.04. The first kappa shape index (κ1) is 28.4. The van der Waals surface area contributed by atoms with Crippen LogP contribution in [0.4, 0.5) is 4.79 Å². The van der Waals surface area contributed by atoms with Crippen LogP contribution < -0.4 is 10.1 Å². The summed E-state index contributed by atoms with van der Waals surface area (Å²) in [5, 5.41) is 13.2. The van der Waals surface area contributed by atoms with Crippen LogP contribution in [-0.2, 0) is 14.4 Å². The topological polar surface area (TPSA) is 119 Å². The maximum atomic E-state index is 13.6. The van der Waals surface area contributed by atoms with Gasteiger partial charge < -0.3 is 19.9 Å². The molecule has 37 heavy (non-hydrogen) atoms. The average molecular weight is 517 g/mol. The van der Waals surface area contributed by atoms with Gasteiger partial charge in [-0.05, 0) is 29.9 Å². The molecule has 204 valence electrons. The van der Waals surface area contributed by atoms with Crippen LogP contribution in [0.25, 0.3) is 0 Å². The van der Waals surface area contributed by atoms with Gasteiger partial charge in [0.15, 0.2) is 0 Å². The van der Waals surface area contributed by atoms with Crippen LogP contribution in [-0.4, -0.2) is 83.2 Å². The highest BCUT2D eigenvalue weighted by Gasteiger charge is 2.39. The molecule has 2 fully saturated rings. The molecule has 0 bridgehead atoms. The van der Waals surface area contributed by atoms with Crippen molar-refractivity contribution in [2.45, 2.75) is 58.9 Å². The molecule has 2 atom stereocenters. The average Bonchev–Trinajstić information content (AvgIpc) is 3.39. The fraction of sp³-hybridized carbons (Fsp3) is 0.630. The number of carbonyl (C=O) groups is 4. The number of para-hydroxylation sites is 1. The van der Waals surface area contributed by atoms with Gasteiger partial charge in [0.1, 0.15) is 11.8 Å². The zero-order chi connectivity index (χ0) is 27.0. The molecule has 2 aliphatic rings. The molecule has 1 saturated carbocycles. The van der Waals surface area contributed by atoms with Gasteiger partial charge in [0.05, 0.1) is 12.5 Å². The summed E-state index contributed by atoms with van der Waals surface area (Å²) in [5.74, 6) is -0.340. The van der Waals surface area contributed by atoms with E-state index < -0.39 is 23.5 Å². The number of nitrogens with zero attached hydrogens (tertiary/aromatic N) is 3. The number of piperazine rings is 1. The predicted molar refractivity (Wildman–Crippen MR) is 137 cm³/mol. The summed E-state index contributed by atoms with van der Waals surface area (Å²) in [5.41, 5.74) is -0.572. The molecule has 4 amide bonds. The highest BCUT2D eigenvalue weighted by Crippen LogP contribution is 2.31. The van der Waals surface area contributed by atoms with Crippen molar-refractivity contribution in [2.24, 2.45) is 17.3 Å². The Labute approximate surface area is 218 Å². The Hall–Kier alpha value is -3.14. The number of hydrogen-bond acceptors (Lipinski definition) is 6. The molecule has 1 aromatic rings. The first-order valence-electron chi connectivity index (χ1n) is 13.1. The van der Waals surface area contributed by atoms with Crippen molar-refractivity contribution in [2.75, 3.05) is 32.7 Å². The minimum Gasteiger partial charge on any atom is -0.410 e. The van der Waals surface area contributed by atoms with Crippen LogP contribution in [0.15, 0.2) is 30.3 Å². The highest BCUT2D eigenvalue weighted by atomic mass is 16.6. The number of nitrogens with one attached hydrogen (secondary N) is 1. The van der Waals surface area contributed by atoms with E-state index in [0.29, 0.717) is 55.7 Å². The molecular weight excluding hydrogens is 476 g/mol. The van der Waals surface area contributed by atoms with Gasteiger partial charge in [-0.2, -0.15) is 0 Å². The molecule has 10 nitrogen and oxygen atoms in total. The first-order valence-corrected chi connectivity index (χ1v) is 13.1. The van der Waals surface area contributed by atoms with Gasteiger partial charge in [0, 0.05) is 26.2 Å². The van der Waals surface area contributed by atoms with Gasteiger partial charge in [-0.25, -0.2) is 9.86 Å². The van der Waals surface area contributed by atoms with Crippen LogP contribution in [0.3, 0.4) is 0 Å². The third-order valence-corrected chi connectivity index (χ3v) is 7.19. The van der Waals surface area contributed by atoms with E-state index in [-0.39, 0.29) is 18.4 Å². The Morgan fingerprint density at radius 1 is 1.08 bits per heavy atom. The number of rotatable bonds is 9. The molecule has 0 aromatic heterocycles. The van der Waals surface area contributed by atoms with Gasteiger partial charge in [0.25, 0.3) is 0 Å². The van der Waals surface area contributed by atoms with Crippen LogP contribution in [0, 0.1) is 17.3 Å². The van der Waals surface area contributed by atoms with Crippen LogP contribution >= 0.6 is 0 Å². The van der Waals surface area contributed by atoms with E-state index in [1.54, 1.807) is 34.1 Å². The molecule has 1 saturated heterocycles. The molecule has 0 radical (unpaired) electrons. The van der Waals surface area contributed by atoms with Crippen molar-refractivity contribution in [3.63, 3.8) is 0 Å². The van der Waals surface area contributed by atoms with E-state index >= 15 is 0 Å². The molecule has 1 aliphatic heterocycles. The van der Waals surface area contributed by atoms with Crippen molar-refractivity contribution < 1.29 is 29.1 Å². The molecule has 0 unspecified atom stereocenters. The lowest BCUT2D eigenvalue weighted by molar-refractivity contribution is -0.156. The monoisotopic (exact) mass is 516 g/mol. The van der Waals surface area contributed by atoms with Crippen molar-refractivity contribution in [3.8, 4) is 5.75 Å². The van der Waals surface area contributed by atoms with Crippen molar-refractivity contribution in [3.05, 3.63) is 30.3 Å². The Morgan fingerprint density at radius 2 is 1.68 bits per heavy atom. The smallest absolute Gasteiger partial charge is 0.410 e. The second-order valence-electron chi connectivity index (χ2n) is 11.1. The molecule has 2 N–H and O–H groups in total. The molecule has 10 heteroatoms. The number of hydrogen-bond donors (Lipinski definition) is 2. The number of benzene rings is 1. The van der Waals surface area contributed by atoms with E-state index in [1.165, 1.54) is 0 Å². The summed E-state index contributed by atoms with van der Waals surface area (Å²) in [4.78, 5) is 53.6. The van der Waals surface area contributed by atoms with E-state index in [1.807, 2.05) is 26.8 Å². The molecule has 0 spiro atoms. The fourth-order valence-electron chi connectivity index (χ4n) is 5.04. The molecule has 1 aliphatic carbocycles. The van der Waals surface area contributed by atoms with Crippen LogP contribution in [0.5, 0.6) is 5.75 Å². The summed E-state index contributed by atoms with van der Waals surface area (Å²) in [6.45, 7) is 6.85. The van der Waals surface area contributed by atoms with Gasteiger partial charge in [-0.15, -0.1) is 0 Å². The maximum Gasteiger partial charge on any atom is 0.415 e. The second kappa shape index (κ2) is 12.9. The van der Waals surface area contributed by atoms with Crippen LogP contribution in [0.2, 0.25) is 0 Å². The standard InChI is InChI=1S/C27H40N4O6/c1-27(2,3)23(28-24(33)21(18-31(36)19-32)17-20-9-7-8-10-20)25(34)29-13-15-30(16-14-29)26(35)37-22-11-5-4-6-12-22/h4-6,11-12,19-21,23,36H,7-10,13-18H2,1-3H3,(H,28,33)/t21-,23-/m1/s1. The molecular formula is C27H40N4O6. The Kier molecular flexibility index (Phi) is 9.91. The zero-order valence-corrected chi connectivity index (χ0v) is 22.1. The van der Waals surface area contributed by atoms with Gasteiger partial charge >= 0.3 is 6.09 Å². The summed E-state index contributed by atoms with van der Waals surface area (Å²) in [7, 11) is 0. The minimum atomic E-state index is -0.794. The van der Waals surface area contributed by atoms with Gasteiger partial charge in [-0.3, -0.25) is 19.6 Å². The van der Waals surface area contributed by atoms with Gasteiger partial charge in [0.2, 0.25) is 18.2 Å². The highest BCUT2D eigenvalue weighted by molar-refractivity contribution is 5.89. The normalized spacial score (nSPS) is 18.2. The van der Waals surface area contributed by atoms with E-state index in [4.69, 9.17) is 4.74 Å². The van der Waals surface area contributed by atoms with Crippen molar-refractivity contribution in [1.29, 1.82) is 0 Å². The minimum absolute atomic E-state index is 0.112. The summed E-state index contributed by atoms with van der Waals surface area (Å²) >= 11 is 0. The molecule has 1 aromatic carbocycles. The summed E-state index contributed by atoms with van der Waals surface area (Å²) in [6.07, 6.45) is 4.67. The number of carbonyl (C=O) groups excluding carboxylic acids is 4. The van der Waals surface area contributed by atoms with E-state index in [9.17, 15) is 24.4 Å². The first-order chi connectivity index (χ1) is 17.6. The number of ether oxygens (including phenoxy) is 1. The van der Waals surface area contributed by atoms with E-state index in [0.717, 1.165) is 25.7 Å². The van der Waals surface area contributed by atoms with Crippen molar-refractivity contribution in [1.82, 2.24) is 20.2 Å². The lowest BCUT2D eigenvalue weighted by Crippen LogP contribution is -2.60. The van der Waals surface area contributed by atoms with Crippen molar-refractivity contribution >= 4 is 24.3 Å². The summed E-state index contributed by atoms with van der Waals surface area (Å²) < 4.78 is 5.40. The zero-order valence-electron chi connectivity index (χ0n) is 22.1. The Morgan fingerprint density at radius 3 is 2.24 bits per heavy atom. The second-order valence-corrected chi connectivity index (χ2v) is 11.1. The third-order valence-electron chi connectivity index (χ3n) is 7.19. The molecule has 1 heterocycles. The SMILES string of the molecule is CC(C)(C)[C@H](NC(=O)[C@H](CC1CCCC1)CN(O)C=O)C(=O)N1CCN(C(=O)Oc2ccccc2)CC1. The third kappa shape index (κ3) is 8.18. The number of hydroxylamine groups is 2. The van der Waals surface area contributed by atoms with E-state index in [2.05, 4.69) is 5.32 Å². The van der Waals surface area contributed by atoms with Gasteiger partial charge in [-0.1, -0.05) is 64.7 Å². The molecule has 3 rings (SSSR count). The lowest BCUT2D eigenvalue weighted by atomic mass is 9.84. The lowest BCUT2D eigenvalue weighted by Gasteiger charge is -2.39. The predicted octanol–water partition coefficient (Wildman–Crippen LogP) is 2.90. The largest absolute Gasteiger partial charge is 0.415 e. The maximum absolute atomic E-state index is 13.6. The number of amides is 4. The Bertz CT molecular complexity index is 921.